The Hall–Kier alpha value is -3.07. The highest BCUT2D eigenvalue weighted by Gasteiger charge is 2.19. The lowest BCUT2D eigenvalue weighted by molar-refractivity contribution is 0.0938. The van der Waals surface area contributed by atoms with E-state index >= 15 is 0 Å². The molecule has 3 aromatic rings. The van der Waals surface area contributed by atoms with Crippen LogP contribution in [0.5, 0.6) is 5.75 Å². The number of aryl methyl sites for hydroxylation is 2. The number of aromatic nitrogens is 4. The second-order valence-electron chi connectivity index (χ2n) is 7.45. The molecule has 30 heavy (non-hydrogen) atoms. The van der Waals surface area contributed by atoms with Gasteiger partial charge in [0.2, 0.25) is 5.95 Å². The van der Waals surface area contributed by atoms with Crippen LogP contribution in [-0.2, 0) is 13.6 Å². The summed E-state index contributed by atoms with van der Waals surface area (Å²) in [6.45, 7) is 4.92. The van der Waals surface area contributed by atoms with E-state index in [1.54, 1.807) is 11.6 Å². The van der Waals surface area contributed by atoms with E-state index in [0.29, 0.717) is 18.2 Å². The third-order valence-electron chi connectivity index (χ3n) is 4.90. The number of hydrogen-bond acceptors (Lipinski definition) is 6. The Morgan fingerprint density at radius 1 is 1.30 bits per heavy atom. The number of aliphatic hydroxyl groups excluding tert-OH is 1. The first-order valence-electron chi connectivity index (χ1n) is 10.2. The van der Waals surface area contributed by atoms with Crippen LogP contribution in [-0.4, -0.2) is 43.5 Å². The molecule has 1 aromatic carbocycles. The van der Waals surface area contributed by atoms with Crippen molar-refractivity contribution >= 4 is 17.1 Å². The van der Waals surface area contributed by atoms with Crippen molar-refractivity contribution in [1.82, 2.24) is 19.1 Å². The van der Waals surface area contributed by atoms with E-state index in [2.05, 4.69) is 22.2 Å². The third-order valence-corrected chi connectivity index (χ3v) is 4.90. The van der Waals surface area contributed by atoms with Crippen LogP contribution in [0.25, 0.3) is 11.2 Å². The summed E-state index contributed by atoms with van der Waals surface area (Å²) in [5, 5.41) is 13.8. The smallest absolute Gasteiger partial charge is 0.329 e. The highest BCUT2D eigenvalue weighted by molar-refractivity contribution is 5.74. The largest absolute Gasteiger partial charge is 0.491 e. The first-order chi connectivity index (χ1) is 14.4. The number of H-pyrrole nitrogens is 1. The minimum atomic E-state index is -0.879. The highest BCUT2D eigenvalue weighted by Crippen LogP contribution is 2.17. The van der Waals surface area contributed by atoms with E-state index < -0.39 is 17.4 Å². The predicted octanol–water partition coefficient (Wildman–Crippen LogP) is 1.77. The summed E-state index contributed by atoms with van der Waals surface area (Å²) in [5.74, 6) is 1.12. The predicted molar refractivity (Wildman–Crippen MR) is 116 cm³/mol. The molecule has 9 heteroatoms. The Bertz CT molecular complexity index is 1110. The van der Waals surface area contributed by atoms with Crippen molar-refractivity contribution in [2.45, 2.75) is 45.8 Å². The molecule has 0 bridgehead atoms. The first-order valence-corrected chi connectivity index (χ1v) is 10.2. The van der Waals surface area contributed by atoms with Gasteiger partial charge in [0.25, 0.3) is 5.56 Å². The number of fused-ring (bicyclic) bond motifs is 1. The molecular weight excluding hydrogens is 386 g/mol. The van der Waals surface area contributed by atoms with Gasteiger partial charge in [-0.15, -0.1) is 0 Å². The topological polar surface area (TPSA) is 114 Å². The number of rotatable bonds is 10. The number of benzene rings is 1. The Morgan fingerprint density at radius 2 is 2.10 bits per heavy atom. The summed E-state index contributed by atoms with van der Waals surface area (Å²) in [4.78, 5) is 31.2. The number of nitrogens with zero attached hydrogens (tertiary/aromatic N) is 3. The minimum absolute atomic E-state index is 0.0576. The monoisotopic (exact) mass is 415 g/mol. The SMILES string of the molecule is CCCCCNc1nc2c(c(=O)[nH]c(=O)n2C)n1C[C@@H](O)COc1cccc(C)c1. The van der Waals surface area contributed by atoms with Crippen LogP contribution < -0.4 is 21.3 Å². The van der Waals surface area contributed by atoms with Crippen molar-refractivity contribution in [3.8, 4) is 5.75 Å². The molecule has 0 unspecified atom stereocenters. The van der Waals surface area contributed by atoms with Gasteiger partial charge < -0.3 is 19.7 Å². The van der Waals surface area contributed by atoms with Crippen LogP contribution in [0.2, 0.25) is 0 Å². The molecule has 0 radical (unpaired) electrons. The van der Waals surface area contributed by atoms with E-state index in [-0.39, 0.29) is 24.3 Å². The molecule has 3 rings (SSSR count). The molecule has 3 N–H and O–H groups in total. The second kappa shape index (κ2) is 9.62. The average molecular weight is 415 g/mol. The quantitative estimate of drug-likeness (QED) is 0.435. The normalized spacial score (nSPS) is 12.3. The van der Waals surface area contributed by atoms with E-state index in [0.717, 1.165) is 24.8 Å². The number of anilines is 1. The lowest BCUT2D eigenvalue weighted by Gasteiger charge is -2.16. The molecule has 1 atom stereocenters. The van der Waals surface area contributed by atoms with Crippen LogP contribution >= 0.6 is 0 Å². The summed E-state index contributed by atoms with van der Waals surface area (Å²) in [6, 6.07) is 7.57. The van der Waals surface area contributed by atoms with Crippen molar-refractivity contribution in [3.63, 3.8) is 0 Å². The number of ether oxygens (including phenoxy) is 1. The van der Waals surface area contributed by atoms with E-state index in [9.17, 15) is 14.7 Å². The molecule has 0 aliphatic rings. The van der Waals surface area contributed by atoms with Gasteiger partial charge in [-0.3, -0.25) is 14.3 Å². The van der Waals surface area contributed by atoms with Crippen LogP contribution in [0.3, 0.4) is 0 Å². The maximum Gasteiger partial charge on any atom is 0.329 e. The zero-order chi connectivity index (χ0) is 21.7. The van der Waals surface area contributed by atoms with Gasteiger partial charge in [-0.2, -0.15) is 4.98 Å². The molecule has 0 aliphatic heterocycles. The van der Waals surface area contributed by atoms with Gasteiger partial charge in [0.05, 0.1) is 6.54 Å². The standard InChI is InChI=1S/C21H29N5O4/c1-4-5-6-10-22-20-23-18-17(19(28)24-21(29)25(18)3)26(20)12-15(27)13-30-16-9-7-8-14(2)11-16/h7-9,11,15,27H,4-6,10,12-13H2,1-3H3,(H,22,23)(H,24,28,29)/t15-/m1/s1. The fraction of sp³-hybridized carbons (Fsp3) is 0.476. The van der Waals surface area contributed by atoms with Gasteiger partial charge in [-0.25, -0.2) is 4.79 Å². The van der Waals surface area contributed by atoms with Gasteiger partial charge in [0, 0.05) is 13.6 Å². The van der Waals surface area contributed by atoms with Crippen molar-refractivity contribution in [2.24, 2.45) is 7.05 Å². The molecule has 0 fully saturated rings. The molecular formula is C21H29N5O4. The van der Waals surface area contributed by atoms with Gasteiger partial charge in [0.15, 0.2) is 11.2 Å². The molecule has 0 aliphatic carbocycles. The van der Waals surface area contributed by atoms with Crippen molar-refractivity contribution in [1.29, 1.82) is 0 Å². The summed E-state index contributed by atoms with van der Waals surface area (Å²) in [7, 11) is 1.55. The number of nitrogens with one attached hydrogen (secondary N) is 2. The number of unbranched alkanes of at least 4 members (excludes halogenated alkanes) is 2. The van der Waals surface area contributed by atoms with Crippen LogP contribution in [0.15, 0.2) is 33.9 Å². The van der Waals surface area contributed by atoms with E-state index in [1.165, 1.54) is 4.57 Å². The fourth-order valence-electron chi connectivity index (χ4n) is 3.28. The van der Waals surface area contributed by atoms with Crippen LogP contribution in [0.1, 0.15) is 31.7 Å². The van der Waals surface area contributed by atoms with Crippen LogP contribution in [0, 0.1) is 6.92 Å². The molecule has 0 saturated carbocycles. The minimum Gasteiger partial charge on any atom is -0.491 e. The lowest BCUT2D eigenvalue weighted by atomic mass is 10.2. The molecule has 0 spiro atoms. The maximum absolute atomic E-state index is 12.5. The molecule has 2 aromatic heterocycles. The summed E-state index contributed by atoms with van der Waals surface area (Å²) >= 11 is 0. The van der Waals surface area contributed by atoms with Gasteiger partial charge >= 0.3 is 5.69 Å². The number of imidazole rings is 1. The van der Waals surface area contributed by atoms with E-state index in [4.69, 9.17) is 4.74 Å². The molecule has 2 heterocycles. The number of aromatic amines is 1. The van der Waals surface area contributed by atoms with E-state index in [1.807, 2.05) is 31.2 Å². The molecule has 0 amide bonds. The third kappa shape index (κ3) is 4.91. The van der Waals surface area contributed by atoms with Crippen LogP contribution in [0.4, 0.5) is 5.95 Å². The molecule has 9 nitrogen and oxygen atoms in total. The van der Waals surface area contributed by atoms with Crippen molar-refractivity contribution < 1.29 is 9.84 Å². The Kier molecular flexibility index (Phi) is 6.94. The average Bonchev–Trinajstić information content (AvgIpc) is 3.07. The fourth-order valence-corrected chi connectivity index (χ4v) is 3.28. The summed E-state index contributed by atoms with van der Waals surface area (Å²) in [6.07, 6.45) is 2.23. The lowest BCUT2D eigenvalue weighted by Crippen LogP contribution is -2.31. The van der Waals surface area contributed by atoms with Crippen molar-refractivity contribution in [3.05, 3.63) is 50.7 Å². The summed E-state index contributed by atoms with van der Waals surface area (Å²) < 4.78 is 8.60. The van der Waals surface area contributed by atoms with Gasteiger partial charge in [0.1, 0.15) is 18.5 Å². The Morgan fingerprint density at radius 3 is 2.83 bits per heavy atom. The second-order valence-corrected chi connectivity index (χ2v) is 7.45. The van der Waals surface area contributed by atoms with Crippen molar-refractivity contribution in [2.75, 3.05) is 18.5 Å². The molecule has 162 valence electrons. The maximum atomic E-state index is 12.5. The Labute approximate surface area is 174 Å². The molecule has 0 saturated heterocycles. The van der Waals surface area contributed by atoms with Gasteiger partial charge in [-0.1, -0.05) is 31.9 Å². The zero-order valence-electron chi connectivity index (χ0n) is 17.6. The van der Waals surface area contributed by atoms with Gasteiger partial charge in [-0.05, 0) is 31.0 Å². The first kappa shape index (κ1) is 21.6. The highest BCUT2D eigenvalue weighted by atomic mass is 16.5. The number of aliphatic hydroxyl groups is 1. The zero-order valence-corrected chi connectivity index (χ0v) is 17.6. The number of hydrogen-bond donors (Lipinski definition) is 3. The Balaban J connectivity index is 1.85. The summed E-state index contributed by atoms with van der Waals surface area (Å²) in [5.41, 5.74) is 0.513.